The Hall–Kier alpha value is -2.04. The molecule has 0 saturated heterocycles. The van der Waals surface area contributed by atoms with Gasteiger partial charge in [-0.2, -0.15) is 13.2 Å². The summed E-state index contributed by atoms with van der Waals surface area (Å²) in [6.07, 6.45) is -2.78. The first kappa shape index (κ1) is 12.4. The van der Waals surface area contributed by atoms with Crippen LogP contribution in [0.2, 0.25) is 0 Å². The van der Waals surface area contributed by atoms with E-state index < -0.39 is 11.7 Å². The zero-order valence-electron chi connectivity index (χ0n) is 9.62. The van der Waals surface area contributed by atoms with E-state index in [9.17, 15) is 13.2 Å². The molecule has 1 aromatic carbocycles. The average Bonchev–Trinajstić information content (AvgIpc) is 2.31. The van der Waals surface area contributed by atoms with E-state index in [1.807, 2.05) is 6.92 Å². The number of rotatable bonds is 1. The maximum atomic E-state index is 12.6. The largest absolute Gasteiger partial charge is 0.416 e. The zero-order chi connectivity index (χ0) is 13.3. The Morgan fingerprint density at radius 1 is 1.17 bits per heavy atom. The van der Waals surface area contributed by atoms with Crippen molar-refractivity contribution in [3.8, 4) is 11.1 Å². The number of nitrogens with two attached hydrogens (primary N) is 1. The number of hydrogen-bond donors (Lipinski definition) is 1. The molecule has 94 valence electrons. The standard InChI is InChI=1S/C13H11F3N2/c1-8-5-11(12(17)18-7-8)9-3-2-4-10(6-9)13(14,15)16/h2-7H,1H3,(H2,17,18). The Kier molecular flexibility index (Phi) is 2.98. The fourth-order valence-corrected chi connectivity index (χ4v) is 1.67. The number of alkyl halides is 3. The van der Waals surface area contributed by atoms with Crippen LogP contribution < -0.4 is 5.73 Å². The van der Waals surface area contributed by atoms with Gasteiger partial charge in [0.05, 0.1) is 5.56 Å². The first-order valence-electron chi connectivity index (χ1n) is 5.27. The predicted octanol–water partition coefficient (Wildman–Crippen LogP) is 3.66. The number of aryl methyl sites for hydroxylation is 1. The summed E-state index contributed by atoms with van der Waals surface area (Å²) < 4.78 is 37.8. The van der Waals surface area contributed by atoms with Crippen LogP contribution in [0.4, 0.5) is 19.0 Å². The highest BCUT2D eigenvalue weighted by molar-refractivity contribution is 5.74. The van der Waals surface area contributed by atoms with Crippen LogP contribution in [0.1, 0.15) is 11.1 Å². The van der Waals surface area contributed by atoms with Crippen molar-refractivity contribution >= 4 is 5.82 Å². The number of benzene rings is 1. The first-order chi connectivity index (χ1) is 8.38. The summed E-state index contributed by atoms with van der Waals surface area (Å²) in [5, 5.41) is 0. The lowest BCUT2D eigenvalue weighted by atomic mass is 10.0. The molecule has 0 unspecified atom stereocenters. The van der Waals surface area contributed by atoms with Crippen molar-refractivity contribution in [1.29, 1.82) is 0 Å². The second kappa shape index (κ2) is 4.33. The molecule has 2 rings (SSSR count). The Bertz CT molecular complexity index is 577. The van der Waals surface area contributed by atoms with Crippen LogP contribution in [0.5, 0.6) is 0 Å². The van der Waals surface area contributed by atoms with E-state index in [4.69, 9.17) is 5.73 Å². The fourth-order valence-electron chi connectivity index (χ4n) is 1.67. The lowest BCUT2D eigenvalue weighted by molar-refractivity contribution is -0.137. The van der Waals surface area contributed by atoms with Gasteiger partial charge in [0.25, 0.3) is 0 Å². The zero-order valence-corrected chi connectivity index (χ0v) is 9.62. The second-order valence-electron chi connectivity index (χ2n) is 4.02. The monoisotopic (exact) mass is 252 g/mol. The van der Waals surface area contributed by atoms with Gasteiger partial charge in [-0.1, -0.05) is 12.1 Å². The van der Waals surface area contributed by atoms with Crippen molar-refractivity contribution < 1.29 is 13.2 Å². The van der Waals surface area contributed by atoms with Crippen LogP contribution in [0.3, 0.4) is 0 Å². The lowest BCUT2D eigenvalue weighted by Gasteiger charge is -2.10. The molecule has 0 atom stereocenters. The molecule has 0 aliphatic carbocycles. The molecule has 0 aliphatic heterocycles. The summed E-state index contributed by atoms with van der Waals surface area (Å²) >= 11 is 0. The number of aromatic nitrogens is 1. The Morgan fingerprint density at radius 2 is 1.89 bits per heavy atom. The molecule has 0 amide bonds. The molecule has 0 fully saturated rings. The quantitative estimate of drug-likeness (QED) is 0.841. The molecular formula is C13H11F3N2. The highest BCUT2D eigenvalue weighted by Crippen LogP contribution is 2.33. The molecule has 0 radical (unpaired) electrons. The fraction of sp³-hybridized carbons (Fsp3) is 0.154. The van der Waals surface area contributed by atoms with E-state index in [-0.39, 0.29) is 5.82 Å². The summed E-state index contributed by atoms with van der Waals surface area (Å²) in [6.45, 7) is 1.81. The smallest absolute Gasteiger partial charge is 0.383 e. The van der Waals surface area contributed by atoms with Gasteiger partial charge in [0.1, 0.15) is 5.82 Å². The van der Waals surface area contributed by atoms with E-state index >= 15 is 0 Å². The molecule has 0 aliphatic rings. The third-order valence-electron chi connectivity index (χ3n) is 2.56. The molecule has 5 heteroatoms. The molecular weight excluding hydrogens is 241 g/mol. The number of nitrogens with zero attached hydrogens (tertiary/aromatic N) is 1. The highest BCUT2D eigenvalue weighted by Gasteiger charge is 2.30. The maximum Gasteiger partial charge on any atom is 0.416 e. The Morgan fingerprint density at radius 3 is 2.56 bits per heavy atom. The van der Waals surface area contributed by atoms with Crippen molar-refractivity contribution in [1.82, 2.24) is 4.98 Å². The van der Waals surface area contributed by atoms with Gasteiger partial charge in [0.2, 0.25) is 0 Å². The van der Waals surface area contributed by atoms with Gasteiger partial charge in [0, 0.05) is 11.8 Å². The summed E-state index contributed by atoms with van der Waals surface area (Å²) in [5.41, 5.74) is 6.77. The molecule has 2 nitrogen and oxygen atoms in total. The number of halogens is 3. The summed E-state index contributed by atoms with van der Waals surface area (Å²) in [7, 11) is 0. The number of hydrogen-bond acceptors (Lipinski definition) is 2. The molecule has 2 N–H and O–H groups in total. The van der Waals surface area contributed by atoms with Crippen LogP contribution in [-0.2, 0) is 6.18 Å². The molecule has 1 heterocycles. The van der Waals surface area contributed by atoms with Crippen LogP contribution >= 0.6 is 0 Å². The summed E-state index contributed by atoms with van der Waals surface area (Å²) in [5.74, 6) is 0.222. The Labute approximate surface area is 102 Å². The molecule has 1 aromatic heterocycles. The van der Waals surface area contributed by atoms with Gasteiger partial charge >= 0.3 is 6.18 Å². The second-order valence-corrected chi connectivity index (χ2v) is 4.02. The minimum atomic E-state index is -4.36. The Balaban J connectivity index is 2.55. The van der Waals surface area contributed by atoms with Crippen molar-refractivity contribution in [3.63, 3.8) is 0 Å². The minimum absolute atomic E-state index is 0.222. The normalized spacial score (nSPS) is 11.6. The molecule has 0 saturated carbocycles. The molecule has 18 heavy (non-hydrogen) atoms. The van der Waals surface area contributed by atoms with E-state index in [0.29, 0.717) is 11.1 Å². The van der Waals surface area contributed by atoms with Crippen LogP contribution in [-0.4, -0.2) is 4.98 Å². The number of anilines is 1. The summed E-state index contributed by atoms with van der Waals surface area (Å²) in [6, 6.07) is 6.77. The average molecular weight is 252 g/mol. The predicted molar refractivity (Wildman–Crippen MR) is 63.8 cm³/mol. The molecule has 0 bridgehead atoms. The molecule has 2 aromatic rings. The minimum Gasteiger partial charge on any atom is -0.383 e. The van der Waals surface area contributed by atoms with Gasteiger partial charge in [-0.15, -0.1) is 0 Å². The van der Waals surface area contributed by atoms with Crippen molar-refractivity contribution in [2.45, 2.75) is 13.1 Å². The van der Waals surface area contributed by atoms with Crippen LogP contribution in [0.25, 0.3) is 11.1 Å². The number of nitrogen functional groups attached to an aromatic ring is 1. The van der Waals surface area contributed by atoms with E-state index in [1.54, 1.807) is 18.3 Å². The van der Waals surface area contributed by atoms with Crippen molar-refractivity contribution in [2.24, 2.45) is 0 Å². The van der Waals surface area contributed by atoms with Crippen molar-refractivity contribution in [2.75, 3.05) is 5.73 Å². The summed E-state index contributed by atoms with van der Waals surface area (Å²) in [4.78, 5) is 3.94. The highest BCUT2D eigenvalue weighted by atomic mass is 19.4. The SMILES string of the molecule is Cc1cnc(N)c(-c2cccc(C(F)(F)F)c2)c1. The molecule has 0 spiro atoms. The number of pyridine rings is 1. The maximum absolute atomic E-state index is 12.6. The van der Waals surface area contributed by atoms with Gasteiger partial charge in [-0.05, 0) is 36.2 Å². The van der Waals surface area contributed by atoms with Gasteiger partial charge in [0.15, 0.2) is 0 Å². The van der Waals surface area contributed by atoms with E-state index in [0.717, 1.165) is 17.7 Å². The van der Waals surface area contributed by atoms with E-state index in [1.165, 1.54) is 6.07 Å². The lowest BCUT2D eigenvalue weighted by Crippen LogP contribution is -2.05. The van der Waals surface area contributed by atoms with Gasteiger partial charge < -0.3 is 5.73 Å². The third-order valence-corrected chi connectivity index (χ3v) is 2.56. The topological polar surface area (TPSA) is 38.9 Å². The van der Waals surface area contributed by atoms with Gasteiger partial charge in [-0.25, -0.2) is 4.98 Å². The van der Waals surface area contributed by atoms with Crippen molar-refractivity contribution in [3.05, 3.63) is 47.7 Å². The van der Waals surface area contributed by atoms with Gasteiger partial charge in [-0.3, -0.25) is 0 Å². The van der Waals surface area contributed by atoms with Crippen LogP contribution in [0, 0.1) is 6.92 Å². The third kappa shape index (κ3) is 2.45. The first-order valence-corrected chi connectivity index (χ1v) is 5.27. The van der Waals surface area contributed by atoms with E-state index in [2.05, 4.69) is 4.98 Å². The van der Waals surface area contributed by atoms with Crippen LogP contribution in [0.15, 0.2) is 36.5 Å².